The van der Waals surface area contributed by atoms with Gasteiger partial charge in [0.2, 0.25) is 0 Å². The zero-order valence-corrected chi connectivity index (χ0v) is 11.4. The molecule has 1 aromatic rings. The molecule has 0 aliphatic heterocycles. The lowest BCUT2D eigenvalue weighted by atomic mass is 9.92. The topological polar surface area (TPSA) is 38.7 Å². The van der Waals surface area contributed by atoms with Crippen molar-refractivity contribution in [2.24, 2.45) is 0 Å². The van der Waals surface area contributed by atoms with Crippen molar-refractivity contribution in [3.63, 3.8) is 0 Å². The second-order valence-electron chi connectivity index (χ2n) is 4.74. The highest BCUT2D eigenvalue weighted by Gasteiger charge is 2.22. The van der Waals surface area contributed by atoms with Crippen molar-refractivity contribution >= 4 is 0 Å². The van der Waals surface area contributed by atoms with Gasteiger partial charge in [0.25, 0.3) is 0 Å². The van der Waals surface area contributed by atoms with E-state index in [1.54, 1.807) is 7.11 Å². The molecule has 0 bridgehead atoms. The Labute approximate surface area is 114 Å². The Hall–Kier alpha value is -1.74. The average Bonchev–Trinajstić information content (AvgIpc) is 2.47. The number of benzene rings is 1. The highest BCUT2D eigenvalue weighted by molar-refractivity contribution is 5.27. The third kappa shape index (κ3) is 3.61. The molecule has 0 spiro atoms. The molecule has 1 aromatic carbocycles. The number of methoxy groups -OCH3 is 1. The van der Waals surface area contributed by atoms with E-state index in [1.165, 1.54) is 0 Å². The first-order valence-corrected chi connectivity index (χ1v) is 6.53. The predicted octanol–water partition coefficient (Wildman–Crippen LogP) is 3.20. The molecule has 0 amide bonds. The summed E-state index contributed by atoms with van der Waals surface area (Å²) in [5.74, 6) is 1.66. The van der Waals surface area contributed by atoms with Crippen molar-refractivity contribution in [1.82, 2.24) is 0 Å². The Morgan fingerprint density at radius 2 is 2.00 bits per heavy atom. The van der Waals surface area contributed by atoms with Gasteiger partial charge in [-0.2, -0.15) is 0 Å². The Morgan fingerprint density at radius 3 is 2.53 bits per heavy atom. The van der Waals surface area contributed by atoms with E-state index in [1.807, 2.05) is 49.4 Å². The fourth-order valence-corrected chi connectivity index (χ4v) is 1.91. The summed E-state index contributed by atoms with van der Waals surface area (Å²) in [5, 5.41) is 10.0. The van der Waals surface area contributed by atoms with Crippen molar-refractivity contribution in [1.29, 1.82) is 0 Å². The van der Waals surface area contributed by atoms with E-state index in [0.717, 1.165) is 17.1 Å². The van der Waals surface area contributed by atoms with Crippen LogP contribution >= 0.6 is 0 Å². The summed E-state index contributed by atoms with van der Waals surface area (Å²) < 4.78 is 10.8. The van der Waals surface area contributed by atoms with Gasteiger partial charge in [-0.1, -0.05) is 19.1 Å². The van der Waals surface area contributed by atoms with Crippen molar-refractivity contribution in [2.75, 3.05) is 7.11 Å². The van der Waals surface area contributed by atoms with Gasteiger partial charge in [-0.05, 0) is 42.3 Å². The molecule has 1 aliphatic rings. The number of rotatable bonds is 5. The maximum Gasteiger partial charge on any atom is 0.118 e. The first-order valence-electron chi connectivity index (χ1n) is 6.53. The highest BCUT2D eigenvalue weighted by Crippen LogP contribution is 2.25. The van der Waals surface area contributed by atoms with Crippen LogP contribution in [0.1, 0.15) is 25.3 Å². The number of ether oxygens (including phenoxy) is 2. The van der Waals surface area contributed by atoms with Crippen LogP contribution < -0.4 is 4.74 Å². The molecule has 3 nitrogen and oxygen atoms in total. The lowest BCUT2D eigenvalue weighted by Crippen LogP contribution is -2.25. The number of hydrogen-bond acceptors (Lipinski definition) is 3. The van der Waals surface area contributed by atoms with E-state index in [-0.39, 0.29) is 0 Å². The van der Waals surface area contributed by atoms with Crippen molar-refractivity contribution < 1.29 is 14.6 Å². The van der Waals surface area contributed by atoms with Gasteiger partial charge in [0.05, 0.1) is 12.7 Å². The molecule has 102 valence electrons. The Bertz CT molecular complexity index is 473. The number of hydrogen-bond donors (Lipinski definition) is 1. The molecule has 1 aliphatic carbocycles. The molecule has 3 heteroatoms. The molecule has 1 atom stereocenters. The second-order valence-corrected chi connectivity index (χ2v) is 4.74. The van der Waals surface area contributed by atoms with Crippen LogP contribution in [0, 0.1) is 0 Å². The van der Waals surface area contributed by atoms with E-state index in [0.29, 0.717) is 19.4 Å². The molecule has 0 heterocycles. The standard InChI is InChI=1S/C16H20O3/c1-3-16(17)10-8-15(9-11-16)19-12-13-4-6-14(18-2)7-5-13/h4-10,17H,3,11-12H2,1-2H3. The minimum Gasteiger partial charge on any atom is -0.497 e. The Balaban J connectivity index is 1.88. The number of allylic oxidation sites excluding steroid dienone is 1. The van der Waals surface area contributed by atoms with Crippen molar-refractivity contribution in [3.8, 4) is 5.75 Å². The summed E-state index contributed by atoms with van der Waals surface area (Å²) in [6.07, 6.45) is 6.92. The summed E-state index contributed by atoms with van der Waals surface area (Å²) in [7, 11) is 1.65. The van der Waals surface area contributed by atoms with Crippen LogP contribution in [0.3, 0.4) is 0 Å². The summed E-state index contributed by atoms with van der Waals surface area (Å²) >= 11 is 0. The molecule has 1 unspecified atom stereocenters. The minimum atomic E-state index is -0.701. The minimum absolute atomic E-state index is 0.519. The fourth-order valence-electron chi connectivity index (χ4n) is 1.91. The maximum atomic E-state index is 10.0. The third-order valence-electron chi connectivity index (χ3n) is 3.39. The largest absolute Gasteiger partial charge is 0.497 e. The highest BCUT2D eigenvalue weighted by atomic mass is 16.5. The third-order valence-corrected chi connectivity index (χ3v) is 3.39. The van der Waals surface area contributed by atoms with Crippen molar-refractivity contribution in [3.05, 3.63) is 53.8 Å². The van der Waals surface area contributed by atoms with E-state index in [4.69, 9.17) is 9.47 Å². The monoisotopic (exact) mass is 260 g/mol. The van der Waals surface area contributed by atoms with Crippen LogP contribution in [-0.4, -0.2) is 17.8 Å². The molecular weight excluding hydrogens is 240 g/mol. The van der Waals surface area contributed by atoms with Gasteiger partial charge in [-0.25, -0.2) is 0 Å². The summed E-state index contributed by atoms with van der Waals surface area (Å²) in [6, 6.07) is 7.79. The van der Waals surface area contributed by atoms with Gasteiger partial charge in [0, 0.05) is 6.42 Å². The SMILES string of the molecule is CCC1(O)C=CC(OCc2ccc(OC)cc2)=CC1. The van der Waals surface area contributed by atoms with Gasteiger partial charge in [0.1, 0.15) is 18.1 Å². The van der Waals surface area contributed by atoms with Crippen LogP contribution in [-0.2, 0) is 11.3 Å². The lowest BCUT2D eigenvalue weighted by Gasteiger charge is -2.24. The van der Waals surface area contributed by atoms with Gasteiger partial charge < -0.3 is 14.6 Å². The number of aliphatic hydroxyl groups is 1. The van der Waals surface area contributed by atoms with Gasteiger partial charge in [-0.15, -0.1) is 0 Å². The molecule has 0 radical (unpaired) electrons. The molecule has 1 N–H and O–H groups in total. The molecular formula is C16H20O3. The van der Waals surface area contributed by atoms with Gasteiger partial charge in [-0.3, -0.25) is 0 Å². The first kappa shape index (κ1) is 13.7. The summed E-state index contributed by atoms with van der Waals surface area (Å²) in [5.41, 5.74) is 0.388. The molecule has 0 aromatic heterocycles. The maximum absolute atomic E-state index is 10.0. The van der Waals surface area contributed by atoms with Gasteiger partial charge >= 0.3 is 0 Å². The van der Waals surface area contributed by atoms with E-state index in [2.05, 4.69) is 0 Å². The predicted molar refractivity (Wildman–Crippen MR) is 74.9 cm³/mol. The molecule has 19 heavy (non-hydrogen) atoms. The Morgan fingerprint density at radius 1 is 1.26 bits per heavy atom. The van der Waals surface area contributed by atoms with Crippen LogP contribution in [0.2, 0.25) is 0 Å². The average molecular weight is 260 g/mol. The first-order chi connectivity index (χ1) is 9.15. The van der Waals surface area contributed by atoms with E-state index < -0.39 is 5.60 Å². The van der Waals surface area contributed by atoms with Crippen LogP contribution in [0.15, 0.2) is 48.3 Å². The zero-order chi connectivity index (χ0) is 13.7. The Kier molecular flexibility index (Phi) is 4.27. The fraction of sp³-hybridized carbons (Fsp3) is 0.375. The molecule has 0 saturated carbocycles. The molecule has 0 saturated heterocycles. The van der Waals surface area contributed by atoms with Crippen LogP contribution in [0.5, 0.6) is 5.75 Å². The molecule has 2 rings (SSSR count). The van der Waals surface area contributed by atoms with E-state index in [9.17, 15) is 5.11 Å². The normalized spacial score (nSPS) is 21.9. The van der Waals surface area contributed by atoms with E-state index >= 15 is 0 Å². The smallest absolute Gasteiger partial charge is 0.118 e. The van der Waals surface area contributed by atoms with Crippen LogP contribution in [0.25, 0.3) is 0 Å². The zero-order valence-electron chi connectivity index (χ0n) is 11.4. The molecule has 0 fully saturated rings. The quantitative estimate of drug-likeness (QED) is 0.883. The second kappa shape index (κ2) is 5.93. The summed E-state index contributed by atoms with van der Waals surface area (Å²) in [4.78, 5) is 0. The van der Waals surface area contributed by atoms with Crippen molar-refractivity contribution in [2.45, 2.75) is 32.0 Å². The van der Waals surface area contributed by atoms with Gasteiger partial charge in [0.15, 0.2) is 0 Å². The summed E-state index contributed by atoms with van der Waals surface area (Å²) in [6.45, 7) is 2.49. The van der Waals surface area contributed by atoms with Crippen LogP contribution in [0.4, 0.5) is 0 Å². The lowest BCUT2D eigenvalue weighted by molar-refractivity contribution is 0.0842.